The van der Waals surface area contributed by atoms with Crippen LogP contribution in [0.15, 0.2) is 0 Å². The van der Waals surface area contributed by atoms with Crippen molar-refractivity contribution in [3.63, 3.8) is 0 Å². The van der Waals surface area contributed by atoms with E-state index in [2.05, 4.69) is 23.1 Å². The van der Waals surface area contributed by atoms with Crippen LogP contribution in [0.5, 0.6) is 0 Å². The Kier molecular flexibility index (Phi) is 3.10. The third-order valence-electron chi connectivity index (χ3n) is 4.33. The second-order valence-corrected chi connectivity index (χ2v) is 7.96. The minimum Gasteiger partial charge on any atom is -0.475 e. The van der Waals surface area contributed by atoms with Gasteiger partial charge in [0.25, 0.3) is 0 Å². The minimum atomic E-state index is -1.25. The molecule has 2 aliphatic carbocycles. The zero-order valence-corrected chi connectivity index (χ0v) is 11.7. The molecule has 0 aromatic rings. The molecule has 3 nitrogen and oxygen atoms in total. The largest absolute Gasteiger partial charge is 0.475 e. The van der Waals surface area contributed by atoms with Crippen molar-refractivity contribution in [2.75, 3.05) is 0 Å². The number of carbonyl (C=O) groups is 2. The van der Waals surface area contributed by atoms with E-state index in [0.29, 0.717) is 18.3 Å². The van der Waals surface area contributed by atoms with Crippen molar-refractivity contribution >= 4 is 21.0 Å². The number of hydrogen-bond acceptors (Lipinski definition) is 2. The Morgan fingerprint density at radius 1 is 1.29 bits per heavy atom. The zero-order valence-electron chi connectivity index (χ0n) is 10.5. The standard InChI is InChI=1S/C13H21O3P/c1-8-3-9-5-12(2,17)7-13(4-8,6-9)10(14)11(15)16/h8-9H,3-7,17H2,1-2H3,(H,15,16). The summed E-state index contributed by atoms with van der Waals surface area (Å²) in [5, 5.41) is 9.06. The van der Waals surface area contributed by atoms with E-state index in [4.69, 9.17) is 5.11 Å². The van der Waals surface area contributed by atoms with Crippen molar-refractivity contribution in [1.82, 2.24) is 0 Å². The Morgan fingerprint density at radius 2 is 1.94 bits per heavy atom. The highest BCUT2D eigenvalue weighted by Gasteiger charge is 2.53. The van der Waals surface area contributed by atoms with Crippen molar-refractivity contribution in [1.29, 1.82) is 0 Å². The summed E-state index contributed by atoms with van der Waals surface area (Å²) in [4.78, 5) is 23.1. The summed E-state index contributed by atoms with van der Waals surface area (Å²) in [5.41, 5.74) is -0.594. The summed E-state index contributed by atoms with van der Waals surface area (Å²) in [7, 11) is 2.84. The highest BCUT2D eigenvalue weighted by atomic mass is 31.0. The molecule has 5 atom stereocenters. The molecule has 2 aliphatic rings. The SMILES string of the molecule is CC1CC2CC(C)(P)CC(C(=O)C(=O)O)(C1)C2. The minimum absolute atomic E-state index is 0.0220. The Bertz CT molecular complexity index is 360. The predicted molar refractivity (Wildman–Crippen MR) is 68.9 cm³/mol. The summed E-state index contributed by atoms with van der Waals surface area (Å²) < 4.78 is 0. The molecule has 0 heterocycles. The van der Waals surface area contributed by atoms with Crippen molar-refractivity contribution in [3.05, 3.63) is 0 Å². The van der Waals surface area contributed by atoms with Gasteiger partial charge in [-0.3, -0.25) is 4.79 Å². The fraction of sp³-hybridized carbons (Fsp3) is 0.846. The molecule has 0 aromatic carbocycles. The predicted octanol–water partition coefficient (Wildman–Crippen LogP) is 2.49. The molecule has 0 aromatic heterocycles. The van der Waals surface area contributed by atoms with Crippen molar-refractivity contribution in [3.8, 4) is 0 Å². The van der Waals surface area contributed by atoms with Gasteiger partial charge < -0.3 is 5.11 Å². The molecule has 5 unspecified atom stereocenters. The van der Waals surface area contributed by atoms with Crippen LogP contribution in [0.3, 0.4) is 0 Å². The van der Waals surface area contributed by atoms with Gasteiger partial charge in [0.1, 0.15) is 0 Å². The molecule has 96 valence electrons. The maximum atomic E-state index is 12.1. The van der Waals surface area contributed by atoms with E-state index in [-0.39, 0.29) is 5.16 Å². The van der Waals surface area contributed by atoms with Crippen LogP contribution in [-0.4, -0.2) is 22.0 Å². The smallest absolute Gasteiger partial charge is 0.372 e. The molecule has 0 aliphatic heterocycles. The summed E-state index contributed by atoms with van der Waals surface area (Å²) in [5.74, 6) is -0.820. The van der Waals surface area contributed by atoms with Crippen LogP contribution >= 0.6 is 9.24 Å². The van der Waals surface area contributed by atoms with Gasteiger partial charge in [-0.2, -0.15) is 0 Å². The van der Waals surface area contributed by atoms with Crippen LogP contribution in [0.2, 0.25) is 0 Å². The van der Waals surface area contributed by atoms with E-state index in [1.165, 1.54) is 0 Å². The second kappa shape index (κ2) is 4.05. The lowest BCUT2D eigenvalue weighted by Crippen LogP contribution is -2.50. The number of aliphatic carboxylic acids is 1. The fourth-order valence-electron chi connectivity index (χ4n) is 4.34. The first kappa shape index (κ1) is 13.0. The maximum absolute atomic E-state index is 12.1. The third kappa shape index (κ3) is 2.40. The van der Waals surface area contributed by atoms with Gasteiger partial charge in [-0.25, -0.2) is 4.79 Å². The van der Waals surface area contributed by atoms with Crippen LogP contribution in [-0.2, 0) is 9.59 Å². The van der Waals surface area contributed by atoms with Crippen molar-refractivity contribution in [2.24, 2.45) is 17.3 Å². The van der Waals surface area contributed by atoms with Crippen molar-refractivity contribution in [2.45, 2.75) is 51.1 Å². The van der Waals surface area contributed by atoms with Gasteiger partial charge in [0.05, 0.1) is 0 Å². The van der Waals surface area contributed by atoms with Crippen molar-refractivity contribution < 1.29 is 14.7 Å². The van der Waals surface area contributed by atoms with Gasteiger partial charge in [-0.05, 0) is 49.1 Å². The summed E-state index contributed by atoms with van der Waals surface area (Å²) >= 11 is 0. The van der Waals surface area contributed by atoms with E-state index in [0.717, 1.165) is 25.7 Å². The van der Waals surface area contributed by atoms with Gasteiger partial charge in [-0.15, -0.1) is 9.24 Å². The van der Waals surface area contributed by atoms with Gasteiger partial charge in [0.2, 0.25) is 5.78 Å². The average molecular weight is 256 g/mol. The highest BCUT2D eigenvalue weighted by Crippen LogP contribution is 2.56. The lowest BCUT2D eigenvalue weighted by Gasteiger charge is -2.51. The quantitative estimate of drug-likeness (QED) is 0.610. The first-order chi connectivity index (χ1) is 7.74. The second-order valence-electron chi connectivity index (χ2n) is 6.56. The molecule has 0 amide bonds. The molecule has 0 radical (unpaired) electrons. The molecule has 2 bridgehead atoms. The number of carboxylic acid groups (broad SMARTS) is 1. The highest BCUT2D eigenvalue weighted by molar-refractivity contribution is 7.18. The number of carbonyl (C=O) groups excluding carboxylic acids is 1. The monoisotopic (exact) mass is 256 g/mol. The molecule has 2 saturated carbocycles. The Balaban J connectivity index is 2.34. The molecular weight excluding hydrogens is 235 g/mol. The first-order valence-corrected chi connectivity index (χ1v) is 6.88. The fourth-order valence-corrected chi connectivity index (χ4v) is 5.06. The number of fused-ring (bicyclic) bond motifs is 2. The van der Waals surface area contributed by atoms with Gasteiger partial charge in [0.15, 0.2) is 0 Å². The number of ketones is 1. The normalized spacial score (nSPS) is 45.4. The van der Waals surface area contributed by atoms with Crippen LogP contribution < -0.4 is 0 Å². The molecule has 17 heavy (non-hydrogen) atoms. The Labute approximate surface area is 105 Å². The third-order valence-corrected chi connectivity index (χ3v) is 4.77. The number of carboxylic acids is 1. The Morgan fingerprint density at radius 3 is 2.53 bits per heavy atom. The molecule has 1 N–H and O–H groups in total. The van der Waals surface area contributed by atoms with Crippen LogP contribution in [0, 0.1) is 17.3 Å². The van der Waals surface area contributed by atoms with E-state index < -0.39 is 17.2 Å². The van der Waals surface area contributed by atoms with Gasteiger partial charge in [0, 0.05) is 5.41 Å². The molecule has 2 rings (SSSR count). The lowest BCUT2D eigenvalue weighted by molar-refractivity contribution is -0.158. The van der Waals surface area contributed by atoms with Gasteiger partial charge in [-0.1, -0.05) is 13.8 Å². The number of Topliss-reactive ketones (excluding diaryl/α,β-unsaturated/α-hetero) is 1. The topological polar surface area (TPSA) is 54.4 Å². The first-order valence-electron chi connectivity index (χ1n) is 6.31. The van der Waals surface area contributed by atoms with Crippen LogP contribution in [0.1, 0.15) is 46.0 Å². The molecular formula is C13H21O3P. The molecule has 0 spiro atoms. The lowest BCUT2D eigenvalue weighted by atomic mass is 9.55. The van der Waals surface area contributed by atoms with E-state index in [1.807, 2.05) is 0 Å². The van der Waals surface area contributed by atoms with Gasteiger partial charge >= 0.3 is 5.97 Å². The number of rotatable bonds is 2. The Hall–Kier alpha value is -0.430. The maximum Gasteiger partial charge on any atom is 0.372 e. The zero-order chi connectivity index (χ0) is 12.8. The molecule has 4 heteroatoms. The molecule has 0 saturated heterocycles. The summed E-state index contributed by atoms with van der Waals surface area (Å²) in [6.07, 6.45) is 4.47. The summed E-state index contributed by atoms with van der Waals surface area (Å²) in [6, 6.07) is 0. The van der Waals surface area contributed by atoms with E-state index >= 15 is 0 Å². The van der Waals surface area contributed by atoms with Crippen LogP contribution in [0.25, 0.3) is 0 Å². The molecule has 2 fully saturated rings. The van der Waals surface area contributed by atoms with Crippen LogP contribution in [0.4, 0.5) is 0 Å². The summed E-state index contributed by atoms with van der Waals surface area (Å²) in [6.45, 7) is 4.27. The average Bonchev–Trinajstić information content (AvgIpc) is 2.11. The number of hydrogen-bond donors (Lipinski definition) is 1. The van der Waals surface area contributed by atoms with E-state index in [9.17, 15) is 9.59 Å². The van der Waals surface area contributed by atoms with E-state index in [1.54, 1.807) is 0 Å².